The lowest BCUT2D eigenvalue weighted by Gasteiger charge is -2.07. The van der Waals surface area contributed by atoms with E-state index in [-0.39, 0.29) is 5.75 Å². The second-order valence-corrected chi connectivity index (χ2v) is 4.08. The average Bonchev–Trinajstić information content (AvgIpc) is 2.91. The molecule has 1 aromatic heterocycles. The highest BCUT2D eigenvalue weighted by Crippen LogP contribution is 2.27. The summed E-state index contributed by atoms with van der Waals surface area (Å²) < 4.78 is 1.78. The van der Waals surface area contributed by atoms with Crippen LogP contribution in [0.2, 0.25) is 0 Å². The molecule has 0 radical (unpaired) electrons. The topological polar surface area (TPSA) is 76.1 Å². The van der Waals surface area contributed by atoms with Crippen LogP contribution in [0.5, 0.6) is 5.75 Å². The zero-order valence-corrected chi connectivity index (χ0v) is 9.35. The second-order valence-electron chi connectivity index (χ2n) is 4.08. The number of aromatic nitrogens is 2. The van der Waals surface area contributed by atoms with Crippen molar-refractivity contribution in [1.29, 1.82) is 0 Å². The van der Waals surface area contributed by atoms with Gasteiger partial charge < -0.3 is 16.2 Å². The van der Waals surface area contributed by atoms with Gasteiger partial charge in [0.1, 0.15) is 11.4 Å². The van der Waals surface area contributed by atoms with Crippen molar-refractivity contribution in [3.8, 4) is 11.4 Å². The van der Waals surface area contributed by atoms with Crippen LogP contribution in [0.25, 0.3) is 5.69 Å². The van der Waals surface area contributed by atoms with Crippen molar-refractivity contribution in [2.75, 3.05) is 0 Å². The molecule has 1 aliphatic heterocycles. The SMILES string of the molecule is NCc1nn(-c2ccccc2O)c2c1CNC2. The fraction of sp³-hybridized carbons (Fsp3) is 0.250. The van der Waals surface area contributed by atoms with Crippen LogP contribution < -0.4 is 11.1 Å². The normalized spacial score (nSPS) is 13.9. The molecule has 3 rings (SSSR count). The zero-order valence-electron chi connectivity index (χ0n) is 9.35. The third-order valence-corrected chi connectivity index (χ3v) is 3.07. The molecule has 0 spiro atoms. The molecular formula is C12H14N4O. The highest BCUT2D eigenvalue weighted by Gasteiger charge is 2.22. The van der Waals surface area contributed by atoms with E-state index in [4.69, 9.17) is 5.73 Å². The fourth-order valence-electron chi connectivity index (χ4n) is 2.23. The number of phenols is 1. The van der Waals surface area contributed by atoms with Gasteiger partial charge in [0.05, 0.1) is 11.4 Å². The Balaban J connectivity index is 2.19. The molecule has 4 N–H and O–H groups in total. The molecule has 0 saturated carbocycles. The molecule has 0 amide bonds. The van der Waals surface area contributed by atoms with E-state index in [1.54, 1.807) is 16.8 Å². The number of nitrogens with two attached hydrogens (primary N) is 1. The van der Waals surface area contributed by atoms with Gasteiger partial charge in [-0.15, -0.1) is 0 Å². The molecule has 88 valence electrons. The Bertz CT molecular complexity index is 562. The third-order valence-electron chi connectivity index (χ3n) is 3.07. The van der Waals surface area contributed by atoms with Gasteiger partial charge in [-0.2, -0.15) is 5.10 Å². The Labute approximate surface area is 98.9 Å². The molecule has 0 bridgehead atoms. The first kappa shape index (κ1) is 10.3. The second kappa shape index (κ2) is 3.87. The van der Waals surface area contributed by atoms with E-state index in [1.807, 2.05) is 12.1 Å². The first-order valence-corrected chi connectivity index (χ1v) is 5.60. The molecular weight excluding hydrogens is 216 g/mol. The van der Waals surface area contributed by atoms with Crippen molar-refractivity contribution < 1.29 is 5.11 Å². The summed E-state index contributed by atoms with van der Waals surface area (Å²) in [5.74, 6) is 0.230. The van der Waals surface area contributed by atoms with E-state index in [0.29, 0.717) is 12.2 Å². The molecule has 0 fully saturated rings. The standard InChI is InChI=1S/C12H14N4O/c13-5-9-8-6-14-7-11(8)16(15-9)10-3-1-2-4-12(10)17/h1-4,14,17H,5-7,13H2. The van der Waals surface area contributed by atoms with Crippen molar-refractivity contribution in [1.82, 2.24) is 15.1 Å². The first-order valence-electron chi connectivity index (χ1n) is 5.60. The van der Waals surface area contributed by atoms with E-state index < -0.39 is 0 Å². The summed E-state index contributed by atoms with van der Waals surface area (Å²) in [7, 11) is 0. The molecule has 0 unspecified atom stereocenters. The summed E-state index contributed by atoms with van der Waals surface area (Å²) in [5, 5.41) is 17.6. The molecule has 0 atom stereocenters. The smallest absolute Gasteiger partial charge is 0.141 e. The number of nitrogens with zero attached hydrogens (tertiary/aromatic N) is 2. The van der Waals surface area contributed by atoms with Gasteiger partial charge in [0, 0.05) is 25.2 Å². The van der Waals surface area contributed by atoms with Gasteiger partial charge in [-0.25, -0.2) is 4.68 Å². The minimum Gasteiger partial charge on any atom is -0.506 e. The highest BCUT2D eigenvalue weighted by molar-refractivity contribution is 5.48. The Morgan fingerprint density at radius 1 is 1.35 bits per heavy atom. The molecule has 5 heteroatoms. The van der Waals surface area contributed by atoms with Gasteiger partial charge in [-0.1, -0.05) is 12.1 Å². The molecule has 0 saturated heterocycles. The zero-order chi connectivity index (χ0) is 11.8. The van der Waals surface area contributed by atoms with Crippen LogP contribution in [0.4, 0.5) is 0 Å². The van der Waals surface area contributed by atoms with Crippen LogP contribution in [-0.4, -0.2) is 14.9 Å². The number of aromatic hydroxyl groups is 1. The van der Waals surface area contributed by atoms with Crippen LogP contribution in [0.3, 0.4) is 0 Å². The van der Waals surface area contributed by atoms with E-state index >= 15 is 0 Å². The third kappa shape index (κ3) is 1.51. The van der Waals surface area contributed by atoms with Crippen LogP contribution >= 0.6 is 0 Å². The highest BCUT2D eigenvalue weighted by atomic mass is 16.3. The number of nitrogens with one attached hydrogen (secondary N) is 1. The van der Waals surface area contributed by atoms with Crippen LogP contribution in [0.1, 0.15) is 17.0 Å². The van der Waals surface area contributed by atoms with Gasteiger partial charge in [0.25, 0.3) is 0 Å². The minimum atomic E-state index is 0.230. The van der Waals surface area contributed by atoms with E-state index in [0.717, 1.165) is 30.0 Å². The lowest BCUT2D eigenvalue weighted by molar-refractivity contribution is 0.469. The van der Waals surface area contributed by atoms with E-state index in [2.05, 4.69) is 10.4 Å². The monoisotopic (exact) mass is 230 g/mol. The number of hydrogen-bond donors (Lipinski definition) is 3. The van der Waals surface area contributed by atoms with Crippen molar-refractivity contribution in [3.05, 3.63) is 41.2 Å². The Hall–Kier alpha value is -1.85. The van der Waals surface area contributed by atoms with Gasteiger partial charge in [-0.3, -0.25) is 0 Å². The summed E-state index contributed by atoms with van der Waals surface area (Å²) >= 11 is 0. The van der Waals surface area contributed by atoms with Crippen LogP contribution in [0, 0.1) is 0 Å². The Morgan fingerprint density at radius 2 is 2.18 bits per heavy atom. The predicted octanol–water partition coefficient (Wildman–Crippen LogP) is 0.640. The van der Waals surface area contributed by atoms with E-state index in [9.17, 15) is 5.11 Å². The summed E-state index contributed by atoms with van der Waals surface area (Å²) in [4.78, 5) is 0. The molecule has 2 aromatic rings. The fourth-order valence-corrected chi connectivity index (χ4v) is 2.23. The summed E-state index contributed by atoms with van der Waals surface area (Å²) in [5.41, 5.74) is 9.54. The number of para-hydroxylation sites is 2. The number of rotatable bonds is 2. The van der Waals surface area contributed by atoms with Crippen molar-refractivity contribution in [3.63, 3.8) is 0 Å². The van der Waals surface area contributed by atoms with Gasteiger partial charge in [0.2, 0.25) is 0 Å². The summed E-state index contributed by atoms with van der Waals surface area (Å²) in [6.45, 7) is 1.98. The Morgan fingerprint density at radius 3 is 2.94 bits per heavy atom. The summed E-state index contributed by atoms with van der Waals surface area (Å²) in [6.07, 6.45) is 0. The van der Waals surface area contributed by atoms with Gasteiger partial charge in [-0.05, 0) is 12.1 Å². The van der Waals surface area contributed by atoms with Crippen molar-refractivity contribution in [2.45, 2.75) is 19.6 Å². The van der Waals surface area contributed by atoms with Crippen molar-refractivity contribution in [2.24, 2.45) is 5.73 Å². The molecule has 0 aliphatic carbocycles. The largest absolute Gasteiger partial charge is 0.506 e. The molecule has 5 nitrogen and oxygen atoms in total. The average molecular weight is 230 g/mol. The van der Waals surface area contributed by atoms with Crippen LogP contribution in [-0.2, 0) is 19.6 Å². The lowest BCUT2D eigenvalue weighted by Crippen LogP contribution is -2.10. The predicted molar refractivity (Wildman–Crippen MR) is 63.7 cm³/mol. The minimum absolute atomic E-state index is 0.230. The van der Waals surface area contributed by atoms with Gasteiger partial charge in [0.15, 0.2) is 0 Å². The number of benzene rings is 1. The van der Waals surface area contributed by atoms with Crippen molar-refractivity contribution >= 4 is 0 Å². The maximum absolute atomic E-state index is 9.86. The summed E-state index contributed by atoms with van der Waals surface area (Å²) in [6, 6.07) is 7.19. The quantitative estimate of drug-likeness (QED) is 0.707. The molecule has 2 heterocycles. The maximum Gasteiger partial charge on any atom is 0.141 e. The molecule has 1 aromatic carbocycles. The lowest BCUT2D eigenvalue weighted by atomic mass is 10.2. The van der Waals surface area contributed by atoms with Crippen LogP contribution in [0.15, 0.2) is 24.3 Å². The van der Waals surface area contributed by atoms with Gasteiger partial charge >= 0.3 is 0 Å². The number of hydrogen-bond acceptors (Lipinski definition) is 4. The number of fused-ring (bicyclic) bond motifs is 1. The number of phenolic OH excluding ortho intramolecular Hbond substituents is 1. The molecule has 17 heavy (non-hydrogen) atoms. The molecule has 1 aliphatic rings. The first-order chi connectivity index (χ1) is 8.31. The maximum atomic E-state index is 9.86. The Kier molecular flexibility index (Phi) is 2.35. The van der Waals surface area contributed by atoms with E-state index in [1.165, 1.54) is 0 Å².